The average Bonchev–Trinajstić information content (AvgIpc) is 2.44. The summed E-state index contributed by atoms with van der Waals surface area (Å²) in [6, 6.07) is 9.70. The lowest BCUT2D eigenvalue weighted by Gasteiger charge is -2.30. The first-order chi connectivity index (χ1) is 10.0. The van der Waals surface area contributed by atoms with Crippen molar-refractivity contribution in [2.45, 2.75) is 26.7 Å². The first kappa shape index (κ1) is 13.6. The van der Waals surface area contributed by atoms with Crippen LogP contribution in [0.2, 0.25) is 0 Å². The van der Waals surface area contributed by atoms with Crippen LogP contribution in [0.5, 0.6) is 0 Å². The Morgan fingerprint density at radius 2 is 2.05 bits per heavy atom. The molecule has 1 aromatic heterocycles. The highest BCUT2D eigenvalue weighted by Crippen LogP contribution is 2.29. The molecule has 0 unspecified atom stereocenters. The Morgan fingerprint density at radius 1 is 1.24 bits per heavy atom. The van der Waals surface area contributed by atoms with E-state index in [1.54, 1.807) is 12.1 Å². The summed E-state index contributed by atoms with van der Waals surface area (Å²) in [6.45, 7) is 4.67. The molecule has 4 nitrogen and oxygen atoms in total. The standard InChI is InChI=1S/C17H19N3O/c1-11-5-6-15-13(8-11)4-3-7-20(15)17(21)14-9-12(2)19-16(18)10-14/h5-6,8-10H,3-4,7H2,1-2H3,(H2,18,19). The van der Waals surface area contributed by atoms with Crippen LogP contribution in [0.4, 0.5) is 11.5 Å². The fourth-order valence-corrected chi connectivity index (χ4v) is 2.91. The number of aryl methyl sites for hydroxylation is 3. The lowest BCUT2D eigenvalue weighted by Crippen LogP contribution is -2.35. The predicted octanol–water partition coefficient (Wildman–Crippen LogP) is 2.87. The number of hydrogen-bond acceptors (Lipinski definition) is 3. The van der Waals surface area contributed by atoms with Crippen LogP contribution in [0, 0.1) is 13.8 Å². The molecule has 0 atom stereocenters. The van der Waals surface area contributed by atoms with E-state index in [0.29, 0.717) is 11.4 Å². The molecule has 108 valence electrons. The molecular weight excluding hydrogens is 262 g/mol. The smallest absolute Gasteiger partial charge is 0.258 e. The van der Waals surface area contributed by atoms with E-state index in [4.69, 9.17) is 5.73 Å². The molecule has 2 heterocycles. The highest BCUT2D eigenvalue weighted by Gasteiger charge is 2.24. The van der Waals surface area contributed by atoms with Crippen molar-refractivity contribution in [1.82, 2.24) is 4.98 Å². The summed E-state index contributed by atoms with van der Waals surface area (Å²) >= 11 is 0. The molecule has 3 rings (SSSR count). The maximum atomic E-state index is 12.8. The van der Waals surface area contributed by atoms with Crippen molar-refractivity contribution < 1.29 is 4.79 Å². The molecule has 0 spiro atoms. The zero-order chi connectivity index (χ0) is 15.0. The van der Waals surface area contributed by atoms with Crippen LogP contribution < -0.4 is 10.6 Å². The van der Waals surface area contributed by atoms with Gasteiger partial charge in [0.05, 0.1) is 0 Å². The molecule has 0 bridgehead atoms. The second-order valence-electron chi connectivity index (χ2n) is 5.61. The number of carbonyl (C=O) groups excluding carboxylic acids is 1. The van der Waals surface area contributed by atoms with Crippen molar-refractivity contribution in [2.24, 2.45) is 0 Å². The summed E-state index contributed by atoms with van der Waals surface area (Å²) in [6.07, 6.45) is 2.01. The Bertz CT molecular complexity index is 689. The van der Waals surface area contributed by atoms with Crippen molar-refractivity contribution in [3.8, 4) is 0 Å². The van der Waals surface area contributed by atoms with E-state index in [2.05, 4.69) is 24.0 Å². The summed E-state index contributed by atoms with van der Waals surface area (Å²) in [4.78, 5) is 18.8. The minimum Gasteiger partial charge on any atom is -0.384 e. The zero-order valence-corrected chi connectivity index (χ0v) is 12.4. The van der Waals surface area contributed by atoms with Gasteiger partial charge in [-0.1, -0.05) is 17.7 Å². The number of nitrogens with zero attached hydrogens (tertiary/aromatic N) is 2. The number of amides is 1. The number of pyridine rings is 1. The van der Waals surface area contributed by atoms with E-state index in [-0.39, 0.29) is 5.91 Å². The summed E-state index contributed by atoms with van der Waals surface area (Å²) in [5.74, 6) is 0.386. The molecule has 21 heavy (non-hydrogen) atoms. The summed E-state index contributed by atoms with van der Waals surface area (Å²) in [7, 11) is 0. The van der Waals surface area contributed by atoms with Crippen LogP contribution >= 0.6 is 0 Å². The number of nitrogen functional groups attached to an aromatic ring is 1. The lowest BCUT2D eigenvalue weighted by molar-refractivity contribution is 0.0985. The van der Waals surface area contributed by atoms with Gasteiger partial charge in [-0.25, -0.2) is 4.98 Å². The molecule has 2 aromatic rings. The minimum absolute atomic E-state index is 0.00277. The minimum atomic E-state index is -0.00277. The number of aromatic nitrogens is 1. The molecule has 0 fully saturated rings. The number of benzene rings is 1. The van der Waals surface area contributed by atoms with Gasteiger partial charge < -0.3 is 10.6 Å². The fraction of sp³-hybridized carbons (Fsp3) is 0.294. The molecule has 1 aliphatic heterocycles. The van der Waals surface area contributed by atoms with Gasteiger partial charge in [-0.05, 0) is 50.5 Å². The van der Waals surface area contributed by atoms with Gasteiger partial charge >= 0.3 is 0 Å². The van der Waals surface area contributed by atoms with Gasteiger partial charge in [0.25, 0.3) is 5.91 Å². The van der Waals surface area contributed by atoms with Crippen LogP contribution in [0.25, 0.3) is 0 Å². The van der Waals surface area contributed by atoms with Gasteiger partial charge in [0, 0.05) is 23.5 Å². The molecule has 4 heteroatoms. The van der Waals surface area contributed by atoms with E-state index in [1.807, 2.05) is 17.9 Å². The van der Waals surface area contributed by atoms with E-state index in [1.165, 1.54) is 11.1 Å². The van der Waals surface area contributed by atoms with Gasteiger partial charge in [-0.2, -0.15) is 0 Å². The van der Waals surface area contributed by atoms with Crippen molar-refractivity contribution in [2.75, 3.05) is 17.2 Å². The highest BCUT2D eigenvalue weighted by atomic mass is 16.2. The van der Waals surface area contributed by atoms with Crippen LogP contribution in [-0.4, -0.2) is 17.4 Å². The Morgan fingerprint density at radius 3 is 2.81 bits per heavy atom. The van der Waals surface area contributed by atoms with E-state index in [9.17, 15) is 4.79 Å². The first-order valence-corrected chi connectivity index (χ1v) is 7.20. The van der Waals surface area contributed by atoms with Crippen LogP contribution in [0.3, 0.4) is 0 Å². The third-order valence-electron chi connectivity index (χ3n) is 3.82. The van der Waals surface area contributed by atoms with Gasteiger partial charge in [0.2, 0.25) is 0 Å². The molecule has 1 amide bonds. The summed E-state index contributed by atoms with van der Waals surface area (Å²) in [5.41, 5.74) is 10.6. The predicted molar refractivity (Wildman–Crippen MR) is 84.6 cm³/mol. The largest absolute Gasteiger partial charge is 0.384 e. The molecular formula is C17H19N3O. The van der Waals surface area contributed by atoms with Crippen molar-refractivity contribution >= 4 is 17.4 Å². The van der Waals surface area contributed by atoms with Crippen molar-refractivity contribution in [3.05, 3.63) is 52.7 Å². The van der Waals surface area contributed by atoms with E-state index < -0.39 is 0 Å². The van der Waals surface area contributed by atoms with Gasteiger partial charge in [0.15, 0.2) is 0 Å². The maximum absolute atomic E-state index is 12.8. The Labute approximate surface area is 124 Å². The van der Waals surface area contributed by atoms with E-state index >= 15 is 0 Å². The number of nitrogens with two attached hydrogens (primary N) is 1. The third-order valence-corrected chi connectivity index (χ3v) is 3.82. The SMILES string of the molecule is Cc1ccc2c(c1)CCCN2C(=O)c1cc(C)nc(N)c1. The molecule has 0 saturated carbocycles. The molecule has 0 radical (unpaired) electrons. The Balaban J connectivity index is 2.00. The average molecular weight is 281 g/mol. The monoisotopic (exact) mass is 281 g/mol. The molecule has 1 aliphatic rings. The highest BCUT2D eigenvalue weighted by molar-refractivity contribution is 6.07. The molecule has 1 aromatic carbocycles. The number of fused-ring (bicyclic) bond motifs is 1. The van der Waals surface area contributed by atoms with Crippen molar-refractivity contribution in [3.63, 3.8) is 0 Å². The van der Waals surface area contributed by atoms with Gasteiger partial charge in [-0.3, -0.25) is 4.79 Å². The second-order valence-corrected chi connectivity index (χ2v) is 5.61. The van der Waals surface area contributed by atoms with Crippen molar-refractivity contribution in [1.29, 1.82) is 0 Å². The maximum Gasteiger partial charge on any atom is 0.258 e. The molecule has 0 aliphatic carbocycles. The Kier molecular flexibility index (Phi) is 3.37. The number of carbonyl (C=O) groups is 1. The normalized spacial score (nSPS) is 13.9. The molecule has 2 N–H and O–H groups in total. The van der Waals surface area contributed by atoms with Gasteiger partial charge in [0.1, 0.15) is 5.82 Å². The topological polar surface area (TPSA) is 59.2 Å². The fourth-order valence-electron chi connectivity index (χ4n) is 2.91. The lowest BCUT2D eigenvalue weighted by atomic mass is 9.99. The quantitative estimate of drug-likeness (QED) is 0.874. The van der Waals surface area contributed by atoms with Crippen LogP contribution in [0.1, 0.15) is 33.6 Å². The van der Waals surface area contributed by atoms with E-state index in [0.717, 1.165) is 30.8 Å². The van der Waals surface area contributed by atoms with Crippen LogP contribution in [-0.2, 0) is 6.42 Å². The first-order valence-electron chi connectivity index (χ1n) is 7.20. The number of hydrogen-bond donors (Lipinski definition) is 1. The number of anilines is 2. The molecule has 0 saturated heterocycles. The second kappa shape index (κ2) is 5.20. The van der Waals surface area contributed by atoms with Crippen LogP contribution in [0.15, 0.2) is 30.3 Å². The summed E-state index contributed by atoms with van der Waals surface area (Å²) in [5, 5.41) is 0. The van der Waals surface area contributed by atoms with Gasteiger partial charge in [-0.15, -0.1) is 0 Å². The zero-order valence-electron chi connectivity index (χ0n) is 12.4. The summed E-state index contributed by atoms with van der Waals surface area (Å²) < 4.78 is 0. The Hall–Kier alpha value is -2.36. The number of rotatable bonds is 1. The third kappa shape index (κ3) is 2.61.